The predicted octanol–water partition coefficient (Wildman–Crippen LogP) is 2.62. The third kappa shape index (κ3) is 4.11. The van der Waals surface area contributed by atoms with Crippen LogP contribution in [0.25, 0.3) is 0 Å². The summed E-state index contributed by atoms with van der Waals surface area (Å²) in [4.78, 5) is 12.0. The summed E-state index contributed by atoms with van der Waals surface area (Å²) in [5.74, 6) is -0.519. The van der Waals surface area contributed by atoms with E-state index in [1.165, 1.54) is 23.9 Å². The Hall–Kier alpha value is -1.49. The van der Waals surface area contributed by atoms with E-state index in [1.807, 2.05) is 0 Å². The molecule has 0 amide bonds. The van der Waals surface area contributed by atoms with Crippen molar-refractivity contribution in [3.05, 3.63) is 36.2 Å². The van der Waals surface area contributed by atoms with Gasteiger partial charge in [0.2, 0.25) is 0 Å². The van der Waals surface area contributed by atoms with Crippen LogP contribution in [0.5, 0.6) is 0 Å². The average Bonchev–Trinajstić information content (AvgIpc) is 2.30. The number of anilines is 1. The van der Waals surface area contributed by atoms with Crippen LogP contribution in [0.3, 0.4) is 0 Å². The monoisotopic (exact) mass is 255 g/mol. The molecule has 1 rings (SSSR count). The molecule has 0 atom stereocenters. The van der Waals surface area contributed by atoms with Crippen LogP contribution in [0.2, 0.25) is 0 Å². The van der Waals surface area contributed by atoms with Gasteiger partial charge in [0, 0.05) is 16.2 Å². The molecule has 0 bridgehead atoms. The highest BCUT2D eigenvalue weighted by molar-refractivity contribution is 7.99. The number of esters is 1. The highest BCUT2D eigenvalue weighted by Gasteiger charge is 2.08. The van der Waals surface area contributed by atoms with E-state index in [4.69, 9.17) is 10.5 Å². The zero-order valence-electron chi connectivity index (χ0n) is 9.53. The maximum Gasteiger partial charge on any atom is 0.334 e. The highest BCUT2D eigenvalue weighted by Crippen LogP contribution is 2.23. The van der Waals surface area contributed by atoms with E-state index in [-0.39, 0.29) is 5.69 Å². The number of nitrogens with two attached hydrogens (primary N) is 1. The Morgan fingerprint density at radius 1 is 1.59 bits per heavy atom. The summed E-state index contributed by atoms with van der Waals surface area (Å²) in [6, 6.07) is 4.52. The first-order valence-electron chi connectivity index (χ1n) is 5.07. The SMILES string of the molecule is C=C(CSc1ccc(N)c(F)c1)C(=O)OCC. The molecular formula is C12H14FNO2S. The molecule has 0 aliphatic rings. The summed E-state index contributed by atoms with van der Waals surface area (Å²) >= 11 is 1.31. The van der Waals surface area contributed by atoms with Gasteiger partial charge in [0.1, 0.15) is 5.82 Å². The Labute approximate surface area is 104 Å². The maximum absolute atomic E-state index is 13.1. The minimum Gasteiger partial charge on any atom is -0.463 e. The summed E-state index contributed by atoms with van der Waals surface area (Å²) in [7, 11) is 0. The molecule has 1 aromatic rings. The normalized spacial score (nSPS) is 10.0. The van der Waals surface area contributed by atoms with Crippen LogP contribution in [0.1, 0.15) is 6.92 Å². The predicted molar refractivity (Wildman–Crippen MR) is 67.3 cm³/mol. The smallest absolute Gasteiger partial charge is 0.334 e. The summed E-state index contributed by atoms with van der Waals surface area (Å²) in [5, 5.41) is 0. The van der Waals surface area contributed by atoms with Gasteiger partial charge in [-0.2, -0.15) is 0 Å². The molecule has 0 aliphatic heterocycles. The number of benzene rings is 1. The van der Waals surface area contributed by atoms with Crippen LogP contribution in [0, 0.1) is 5.82 Å². The lowest BCUT2D eigenvalue weighted by atomic mass is 10.3. The van der Waals surface area contributed by atoms with Crippen LogP contribution in [0.4, 0.5) is 10.1 Å². The molecule has 92 valence electrons. The summed E-state index contributed by atoms with van der Waals surface area (Å²) in [6.07, 6.45) is 0. The lowest BCUT2D eigenvalue weighted by Crippen LogP contribution is -2.08. The van der Waals surface area contributed by atoms with E-state index >= 15 is 0 Å². The van der Waals surface area contributed by atoms with Crippen LogP contribution < -0.4 is 5.73 Å². The highest BCUT2D eigenvalue weighted by atomic mass is 32.2. The maximum atomic E-state index is 13.1. The molecule has 0 heterocycles. The van der Waals surface area contributed by atoms with Gasteiger partial charge in [-0.1, -0.05) is 6.58 Å². The van der Waals surface area contributed by atoms with Gasteiger partial charge < -0.3 is 10.5 Å². The van der Waals surface area contributed by atoms with E-state index in [1.54, 1.807) is 13.0 Å². The first kappa shape index (κ1) is 13.6. The quantitative estimate of drug-likeness (QED) is 0.380. The van der Waals surface area contributed by atoms with Crippen LogP contribution in [-0.4, -0.2) is 18.3 Å². The first-order chi connectivity index (χ1) is 8.04. The number of hydrogen-bond acceptors (Lipinski definition) is 4. The summed E-state index contributed by atoms with van der Waals surface area (Å²) in [6.45, 7) is 5.66. The minimum absolute atomic E-state index is 0.110. The molecule has 0 saturated carbocycles. The Morgan fingerprint density at radius 2 is 2.29 bits per heavy atom. The number of halogens is 1. The Kier molecular flexibility index (Phi) is 5.03. The van der Waals surface area contributed by atoms with E-state index < -0.39 is 11.8 Å². The molecule has 0 saturated heterocycles. The Balaban J connectivity index is 2.53. The molecular weight excluding hydrogens is 241 g/mol. The van der Waals surface area contributed by atoms with E-state index in [9.17, 15) is 9.18 Å². The molecule has 0 aliphatic carbocycles. The van der Waals surface area contributed by atoms with Crippen LogP contribution in [-0.2, 0) is 9.53 Å². The van der Waals surface area contributed by atoms with Gasteiger partial charge in [0.05, 0.1) is 12.3 Å². The molecule has 0 radical (unpaired) electrons. The average molecular weight is 255 g/mol. The second-order valence-electron chi connectivity index (χ2n) is 3.30. The molecule has 2 N–H and O–H groups in total. The number of hydrogen-bond donors (Lipinski definition) is 1. The van der Waals surface area contributed by atoms with Gasteiger partial charge in [-0.05, 0) is 25.1 Å². The van der Waals surface area contributed by atoms with E-state index in [2.05, 4.69) is 6.58 Å². The van der Waals surface area contributed by atoms with Crippen molar-refractivity contribution < 1.29 is 13.9 Å². The molecule has 0 fully saturated rings. The van der Waals surface area contributed by atoms with Crippen molar-refractivity contribution in [3.8, 4) is 0 Å². The largest absolute Gasteiger partial charge is 0.463 e. The molecule has 0 unspecified atom stereocenters. The van der Waals surface area contributed by atoms with E-state index in [0.29, 0.717) is 22.8 Å². The van der Waals surface area contributed by atoms with Gasteiger partial charge in [0.25, 0.3) is 0 Å². The summed E-state index contributed by atoms with van der Waals surface area (Å²) < 4.78 is 17.9. The third-order valence-corrected chi connectivity index (χ3v) is 3.03. The van der Waals surface area contributed by atoms with Crippen LogP contribution >= 0.6 is 11.8 Å². The van der Waals surface area contributed by atoms with Gasteiger partial charge >= 0.3 is 5.97 Å². The number of carbonyl (C=O) groups is 1. The molecule has 0 aromatic heterocycles. The van der Waals surface area contributed by atoms with Gasteiger partial charge in [-0.15, -0.1) is 11.8 Å². The number of ether oxygens (including phenoxy) is 1. The standard InChI is InChI=1S/C12H14FNO2S/c1-3-16-12(15)8(2)7-17-9-4-5-11(14)10(13)6-9/h4-6H,2-3,7,14H2,1H3. The van der Waals surface area contributed by atoms with Crippen molar-refractivity contribution in [3.63, 3.8) is 0 Å². The van der Waals surface area contributed by atoms with E-state index in [0.717, 1.165) is 0 Å². The molecule has 1 aromatic carbocycles. The zero-order chi connectivity index (χ0) is 12.8. The van der Waals surface area contributed by atoms with Gasteiger partial charge in [-0.3, -0.25) is 0 Å². The zero-order valence-corrected chi connectivity index (χ0v) is 10.3. The molecule has 5 heteroatoms. The lowest BCUT2D eigenvalue weighted by Gasteiger charge is -2.05. The number of rotatable bonds is 5. The van der Waals surface area contributed by atoms with Crippen molar-refractivity contribution in [1.82, 2.24) is 0 Å². The topological polar surface area (TPSA) is 52.3 Å². The van der Waals surface area contributed by atoms with Gasteiger partial charge in [0.15, 0.2) is 0 Å². The molecule has 0 spiro atoms. The molecule has 3 nitrogen and oxygen atoms in total. The molecule has 17 heavy (non-hydrogen) atoms. The van der Waals surface area contributed by atoms with Crippen molar-refractivity contribution in [2.75, 3.05) is 18.1 Å². The van der Waals surface area contributed by atoms with Crippen molar-refractivity contribution in [2.24, 2.45) is 0 Å². The number of nitrogen functional groups attached to an aromatic ring is 1. The van der Waals surface area contributed by atoms with Crippen molar-refractivity contribution >= 4 is 23.4 Å². The third-order valence-electron chi connectivity index (χ3n) is 1.95. The van der Waals surface area contributed by atoms with Crippen molar-refractivity contribution in [2.45, 2.75) is 11.8 Å². The fourth-order valence-corrected chi connectivity index (χ4v) is 1.87. The Morgan fingerprint density at radius 3 is 2.88 bits per heavy atom. The van der Waals surface area contributed by atoms with Crippen molar-refractivity contribution in [1.29, 1.82) is 0 Å². The fraction of sp³-hybridized carbons (Fsp3) is 0.250. The lowest BCUT2D eigenvalue weighted by molar-refractivity contribution is -0.138. The minimum atomic E-state index is -0.461. The summed E-state index contributed by atoms with van der Waals surface area (Å²) in [5.41, 5.74) is 5.82. The first-order valence-corrected chi connectivity index (χ1v) is 6.06. The number of thioether (sulfide) groups is 1. The second kappa shape index (κ2) is 6.30. The number of carbonyl (C=O) groups excluding carboxylic acids is 1. The second-order valence-corrected chi connectivity index (χ2v) is 4.34. The Bertz CT molecular complexity index is 435. The van der Waals surface area contributed by atoms with Gasteiger partial charge in [-0.25, -0.2) is 9.18 Å². The van der Waals surface area contributed by atoms with Crippen LogP contribution in [0.15, 0.2) is 35.2 Å². The fourth-order valence-electron chi connectivity index (χ4n) is 1.06.